The summed E-state index contributed by atoms with van der Waals surface area (Å²) in [5.41, 5.74) is 33.5. The van der Waals surface area contributed by atoms with Crippen molar-refractivity contribution in [2.45, 2.75) is 57.8 Å². The number of pyridine rings is 1. The van der Waals surface area contributed by atoms with Gasteiger partial charge >= 0.3 is 0 Å². The summed E-state index contributed by atoms with van der Waals surface area (Å²) in [7, 11) is 0. The molecule has 0 unspecified atom stereocenters. The average molecular weight is 1690 g/mol. The van der Waals surface area contributed by atoms with E-state index in [1.165, 1.54) is 148 Å². The number of benzene rings is 18. The van der Waals surface area contributed by atoms with Gasteiger partial charge in [0.15, 0.2) is 11.6 Å². The Morgan fingerprint density at radius 1 is 0.197 bits per heavy atom. The highest BCUT2D eigenvalue weighted by Gasteiger charge is 2.44. The Kier molecular flexibility index (Phi) is 17.8. The standard InChI is InChI=1S/C42H30N2.C41H29N3.C40H28N4/c1-42(2)34-23-13-11-21-32(34)38-30-19-9-10-20-31(30)39-33-22-12-14-24-37(33)44(41(39)40(38)42)29-25-35(27-15-5-3-6-16-27)43-36(26-29)28-17-7-4-8-18-28;1-41(2)32-23-13-11-21-30(32)36-28-19-9-10-20-29(28)37-31-22-12-14-24-35(31)44(39(37)38(36)41)40-42-33(26-15-5-3-6-16-26)25-34(43-40)27-17-7-4-8-18-27;1-40(2)31-23-13-11-21-29(31)33-27-19-9-10-20-28(27)34-30-22-12-14-24-32(30)44(36(34)35(33)40)39-42-37(25-15-5-3-6-16-25)41-38(43-39)26-17-7-4-8-18-26/h3-26H,1-2H3;3-25H,1-2H3;3-24H,1-2H3. The number of rotatable bonds is 9. The van der Waals surface area contributed by atoms with Gasteiger partial charge < -0.3 is 4.57 Å². The minimum absolute atomic E-state index is 0.183. The van der Waals surface area contributed by atoms with Crippen LogP contribution in [0.5, 0.6) is 0 Å². The van der Waals surface area contributed by atoms with Crippen molar-refractivity contribution in [3.05, 3.63) is 452 Å². The number of aromatic nitrogens is 9. The summed E-state index contributed by atoms with van der Waals surface area (Å²) in [5.74, 6) is 2.61. The third-order valence-corrected chi connectivity index (χ3v) is 28.1. The van der Waals surface area contributed by atoms with E-state index in [1.807, 2.05) is 48.5 Å². The number of hydrogen-bond donors (Lipinski definition) is 0. The van der Waals surface area contributed by atoms with Crippen molar-refractivity contribution in [1.29, 1.82) is 0 Å². The van der Waals surface area contributed by atoms with Crippen molar-refractivity contribution in [3.8, 4) is 119 Å². The monoisotopic (exact) mass is 1690 g/mol. The summed E-state index contributed by atoms with van der Waals surface area (Å²) in [6.45, 7) is 14.2. The van der Waals surface area contributed by atoms with E-state index in [4.69, 9.17) is 29.9 Å². The average Bonchev–Trinajstić information content (AvgIpc) is 1.53. The first-order chi connectivity index (χ1) is 64.8. The van der Waals surface area contributed by atoms with Crippen molar-refractivity contribution < 1.29 is 0 Å². The number of nitrogens with zero attached hydrogens (tertiary/aromatic N) is 9. The van der Waals surface area contributed by atoms with E-state index in [0.717, 1.165) is 78.4 Å². The van der Waals surface area contributed by atoms with Gasteiger partial charge in [-0.3, -0.25) is 9.13 Å². The third-order valence-electron chi connectivity index (χ3n) is 28.1. The molecular formula is C123H87N9. The molecule has 24 aromatic rings. The van der Waals surface area contributed by atoms with E-state index in [-0.39, 0.29) is 16.2 Å². The van der Waals surface area contributed by atoms with Gasteiger partial charge in [0.1, 0.15) is 0 Å². The largest absolute Gasteiger partial charge is 0.309 e. The highest BCUT2D eigenvalue weighted by atomic mass is 15.2. The van der Waals surface area contributed by atoms with E-state index in [2.05, 4.69) is 425 Å². The minimum Gasteiger partial charge on any atom is -0.309 e. The zero-order valence-electron chi connectivity index (χ0n) is 73.9. The molecule has 0 atom stereocenters. The van der Waals surface area contributed by atoms with Crippen molar-refractivity contribution in [2.75, 3.05) is 0 Å². The molecule has 0 saturated heterocycles. The molecule has 0 N–H and O–H groups in total. The predicted octanol–water partition coefficient (Wildman–Crippen LogP) is 31.1. The molecule has 0 fully saturated rings. The summed E-state index contributed by atoms with van der Waals surface area (Å²) in [6.07, 6.45) is 0. The van der Waals surface area contributed by atoms with E-state index in [1.54, 1.807) is 0 Å². The second kappa shape index (κ2) is 30.3. The van der Waals surface area contributed by atoms with Crippen LogP contribution in [0.4, 0.5) is 0 Å². The molecular weight excluding hydrogens is 1600 g/mol. The second-order valence-corrected chi connectivity index (χ2v) is 36.6. The molecule has 0 bridgehead atoms. The van der Waals surface area contributed by atoms with E-state index in [9.17, 15) is 0 Å². The first-order valence-electron chi connectivity index (χ1n) is 45.6. The van der Waals surface area contributed by atoms with Crippen molar-refractivity contribution >= 4 is 97.7 Å². The summed E-state index contributed by atoms with van der Waals surface area (Å²) in [4.78, 5) is 31.3. The summed E-state index contributed by atoms with van der Waals surface area (Å²) >= 11 is 0. The highest BCUT2D eigenvalue weighted by molar-refractivity contribution is 6.30. The van der Waals surface area contributed by atoms with Crippen molar-refractivity contribution in [2.24, 2.45) is 0 Å². The van der Waals surface area contributed by atoms with Gasteiger partial charge in [0.2, 0.25) is 11.9 Å². The van der Waals surface area contributed by atoms with E-state index in [0.29, 0.717) is 23.5 Å². The van der Waals surface area contributed by atoms with Crippen LogP contribution >= 0.6 is 0 Å². The Morgan fingerprint density at radius 2 is 0.439 bits per heavy atom. The van der Waals surface area contributed by atoms with Crippen molar-refractivity contribution in [3.63, 3.8) is 0 Å². The van der Waals surface area contributed by atoms with Crippen LogP contribution < -0.4 is 0 Å². The van der Waals surface area contributed by atoms with Gasteiger partial charge in [0.05, 0.1) is 61.6 Å². The summed E-state index contributed by atoms with van der Waals surface area (Å²) in [5, 5.41) is 15.2. The van der Waals surface area contributed by atoms with Crippen LogP contribution in [0, 0.1) is 0 Å². The Bertz CT molecular complexity index is 7840. The Balaban J connectivity index is 0.000000106. The Morgan fingerprint density at radius 3 is 0.765 bits per heavy atom. The molecule has 9 nitrogen and oxygen atoms in total. The molecule has 3 aliphatic carbocycles. The number of para-hydroxylation sites is 3. The molecule has 0 spiro atoms. The van der Waals surface area contributed by atoms with Crippen LogP contribution in [0.1, 0.15) is 74.9 Å². The second-order valence-electron chi connectivity index (χ2n) is 36.6. The molecule has 6 aromatic heterocycles. The number of fused-ring (bicyclic) bond motifs is 30. The zero-order chi connectivity index (χ0) is 88.2. The molecule has 6 heterocycles. The molecule has 132 heavy (non-hydrogen) atoms. The normalized spacial score (nSPS) is 13.4. The van der Waals surface area contributed by atoms with Gasteiger partial charge in [0, 0.05) is 81.9 Å². The first kappa shape index (κ1) is 77.7. The fourth-order valence-corrected chi connectivity index (χ4v) is 22.4. The lowest BCUT2D eigenvalue weighted by atomic mass is 9.80. The predicted molar refractivity (Wildman–Crippen MR) is 547 cm³/mol. The third kappa shape index (κ3) is 11.9. The molecule has 18 aromatic carbocycles. The zero-order valence-corrected chi connectivity index (χ0v) is 73.9. The highest BCUT2D eigenvalue weighted by Crippen LogP contribution is 2.61. The molecule has 9 heteroatoms. The van der Waals surface area contributed by atoms with Crippen LogP contribution in [0.25, 0.3) is 217 Å². The molecule has 0 radical (unpaired) electrons. The van der Waals surface area contributed by atoms with Crippen LogP contribution in [-0.4, -0.2) is 43.6 Å². The number of hydrogen-bond acceptors (Lipinski definition) is 6. The topological polar surface area (TPSA) is 92.1 Å². The fraction of sp³-hybridized carbons (Fsp3) is 0.0732. The maximum atomic E-state index is 5.33. The SMILES string of the molecule is CC1(C)c2ccccc2-c2c1c1c(c3ccccc23)c2ccccc2n1-c1cc(-c2ccccc2)nc(-c2ccccc2)c1.CC1(C)c2ccccc2-c2c1c1c(c3ccccc23)c2ccccc2n1-c1nc(-c2ccccc2)cc(-c2ccccc2)n1.CC1(C)c2ccccc2-c2c1c1c(c3ccccc23)c2ccccc2n1-c1nc(-c2ccccc2)nc(-c2ccccc2)n1. The van der Waals surface area contributed by atoms with Gasteiger partial charge in [-0.15, -0.1) is 0 Å². The van der Waals surface area contributed by atoms with Gasteiger partial charge in [-0.1, -0.05) is 424 Å². The molecule has 0 aliphatic heterocycles. The van der Waals surface area contributed by atoms with Crippen LogP contribution in [0.15, 0.2) is 419 Å². The molecule has 0 amide bonds. The van der Waals surface area contributed by atoms with E-state index < -0.39 is 0 Å². The van der Waals surface area contributed by atoms with Crippen LogP contribution in [0.3, 0.4) is 0 Å². The molecule has 3 aliphatic rings. The fourth-order valence-electron chi connectivity index (χ4n) is 22.4. The van der Waals surface area contributed by atoms with Gasteiger partial charge in [-0.2, -0.15) is 9.97 Å². The van der Waals surface area contributed by atoms with Crippen LogP contribution in [-0.2, 0) is 16.2 Å². The van der Waals surface area contributed by atoms with Gasteiger partial charge in [-0.05, 0) is 135 Å². The summed E-state index contributed by atoms with van der Waals surface area (Å²) in [6, 6.07) is 149. The van der Waals surface area contributed by atoms with Crippen molar-refractivity contribution in [1.82, 2.24) is 43.6 Å². The molecule has 0 saturated carbocycles. The lowest BCUT2D eigenvalue weighted by Gasteiger charge is -2.24. The lowest BCUT2D eigenvalue weighted by Crippen LogP contribution is -2.17. The summed E-state index contributed by atoms with van der Waals surface area (Å²) < 4.78 is 7.15. The maximum absolute atomic E-state index is 5.33. The van der Waals surface area contributed by atoms with Crippen LogP contribution in [0.2, 0.25) is 0 Å². The smallest absolute Gasteiger partial charge is 0.238 e. The Labute approximate surface area is 764 Å². The Hall–Kier alpha value is -16.6. The lowest BCUT2D eigenvalue weighted by molar-refractivity contribution is 0.663. The van der Waals surface area contributed by atoms with E-state index >= 15 is 0 Å². The maximum Gasteiger partial charge on any atom is 0.238 e. The van der Waals surface area contributed by atoms with Gasteiger partial charge in [0.25, 0.3) is 0 Å². The van der Waals surface area contributed by atoms with Gasteiger partial charge in [-0.25, -0.2) is 19.9 Å². The first-order valence-corrected chi connectivity index (χ1v) is 45.6. The molecule has 27 rings (SSSR count). The molecule has 624 valence electrons. The quantitative estimate of drug-likeness (QED) is 0.143. The minimum atomic E-state index is -0.238.